The van der Waals surface area contributed by atoms with Crippen molar-refractivity contribution in [2.75, 3.05) is 18.2 Å². The van der Waals surface area contributed by atoms with Crippen LogP contribution in [-0.4, -0.2) is 28.3 Å². The average Bonchev–Trinajstić information content (AvgIpc) is 3.31. The van der Waals surface area contributed by atoms with Crippen LogP contribution in [0.4, 0.5) is 5.69 Å². The Morgan fingerprint density at radius 2 is 1.86 bits per heavy atom. The first-order chi connectivity index (χ1) is 18.0. The number of hydrogen-bond donors (Lipinski definition) is 1. The average molecular weight is 534 g/mol. The molecule has 0 spiro atoms. The fourth-order valence-corrected chi connectivity index (χ4v) is 6.82. The summed E-state index contributed by atoms with van der Waals surface area (Å²) >= 11 is 2.90. The number of methoxy groups -OCH3 is 1. The van der Waals surface area contributed by atoms with Crippen molar-refractivity contribution in [1.29, 1.82) is 0 Å². The second-order valence-corrected chi connectivity index (χ2v) is 11.4. The Bertz CT molecular complexity index is 1470. The van der Waals surface area contributed by atoms with Gasteiger partial charge >= 0.3 is 0 Å². The van der Waals surface area contributed by atoms with Crippen molar-refractivity contribution in [2.45, 2.75) is 57.0 Å². The Morgan fingerprint density at radius 3 is 2.57 bits per heavy atom. The number of nitrogens with zero attached hydrogens (tertiary/aromatic N) is 2. The van der Waals surface area contributed by atoms with E-state index >= 15 is 0 Å². The number of thioether (sulfide) groups is 1. The van der Waals surface area contributed by atoms with Crippen LogP contribution in [0.3, 0.4) is 0 Å². The number of ether oxygens (including phenoxy) is 1. The predicted molar refractivity (Wildman–Crippen MR) is 153 cm³/mol. The van der Waals surface area contributed by atoms with Gasteiger partial charge in [0.2, 0.25) is 5.91 Å². The molecule has 0 aliphatic heterocycles. The smallest absolute Gasteiger partial charge is 0.267 e. The van der Waals surface area contributed by atoms with Crippen LogP contribution < -0.4 is 15.6 Å². The SMILES string of the molecule is CC[C@H](C)c1ccc(NC(=O)CSc2nc3sc4c(c3c(=O)n2-c2ccc(OC)cc2)CCCC4)cc1. The molecule has 2 aromatic carbocycles. The van der Waals surface area contributed by atoms with Crippen LogP contribution >= 0.6 is 23.1 Å². The minimum Gasteiger partial charge on any atom is -0.497 e. The van der Waals surface area contributed by atoms with Gasteiger partial charge in [-0.05, 0) is 85.5 Å². The molecule has 0 saturated carbocycles. The lowest BCUT2D eigenvalue weighted by Crippen LogP contribution is -2.23. The van der Waals surface area contributed by atoms with Crippen LogP contribution in [-0.2, 0) is 17.6 Å². The van der Waals surface area contributed by atoms with Gasteiger partial charge < -0.3 is 10.1 Å². The van der Waals surface area contributed by atoms with Crippen LogP contribution in [0.2, 0.25) is 0 Å². The molecule has 1 N–H and O–H groups in total. The molecule has 1 amide bonds. The van der Waals surface area contributed by atoms with Crippen molar-refractivity contribution in [3.8, 4) is 11.4 Å². The van der Waals surface area contributed by atoms with E-state index in [-0.39, 0.29) is 17.2 Å². The van der Waals surface area contributed by atoms with E-state index < -0.39 is 0 Å². The first-order valence-electron chi connectivity index (χ1n) is 12.7. The molecule has 1 aliphatic rings. The molecule has 37 heavy (non-hydrogen) atoms. The summed E-state index contributed by atoms with van der Waals surface area (Å²) in [6, 6.07) is 15.4. The van der Waals surface area contributed by atoms with Gasteiger partial charge in [-0.1, -0.05) is 37.7 Å². The van der Waals surface area contributed by atoms with Crippen molar-refractivity contribution in [3.05, 3.63) is 74.9 Å². The standard InChI is InChI=1S/C29H31N3O3S2/c1-4-18(2)19-9-11-20(12-10-19)30-25(33)17-36-29-31-27-26(23-7-5-6-8-24(23)37-27)28(34)32(29)21-13-15-22(35-3)16-14-21/h9-16,18H,4-8,17H2,1-3H3,(H,30,33)/t18-/m0/s1. The molecular formula is C29H31N3O3S2. The molecule has 0 unspecified atom stereocenters. The number of thiophene rings is 1. The zero-order valence-corrected chi connectivity index (χ0v) is 23.0. The number of fused-ring (bicyclic) bond motifs is 3. The quantitative estimate of drug-likeness (QED) is 0.205. The molecular weight excluding hydrogens is 502 g/mol. The molecule has 0 bridgehead atoms. The Labute approximate surface area is 225 Å². The van der Waals surface area contributed by atoms with E-state index in [1.54, 1.807) is 23.0 Å². The topological polar surface area (TPSA) is 73.2 Å². The number of carbonyl (C=O) groups excluding carboxylic acids is 1. The highest BCUT2D eigenvalue weighted by molar-refractivity contribution is 7.99. The van der Waals surface area contributed by atoms with Gasteiger partial charge in [-0.2, -0.15) is 0 Å². The molecule has 2 heterocycles. The molecule has 192 valence electrons. The fourth-order valence-electron chi connectivity index (χ4n) is 4.70. The van der Waals surface area contributed by atoms with E-state index in [9.17, 15) is 9.59 Å². The summed E-state index contributed by atoms with van der Waals surface area (Å²) in [6.45, 7) is 4.36. The molecule has 8 heteroatoms. The van der Waals surface area contributed by atoms with Crippen molar-refractivity contribution in [3.63, 3.8) is 0 Å². The summed E-state index contributed by atoms with van der Waals surface area (Å²) in [5, 5.41) is 4.22. The molecule has 0 saturated heterocycles. The third-order valence-corrected chi connectivity index (χ3v) is 9.12. The van der Waals surface area contributed by atoms with Gasteiger partial charge in [-0.25, -0.2) is 4.98 Å². The van der Waals surface area contributed by atoms with E-state index in [4.69, 9.17) is 9.72 Å². The van der Waals surface area contributed by atoms with Gasteiger partial charge in [0.25, 0.3) is 5.56 Å². The lowest BCUT2D eigenvalue weighted by molar-refractivity contribution is -0.113. The zero-order chi connectivity index (χ0) is 25.9. The maximum atomic E-state index is 13.9. The Kier molecular flexibility index (Phi) is 7.67. The summed E-state index contributed by atoms with van der Waals surface area (Å²) in [5.74, 6) is 1.21. The number of benzene rings is 2. The highest BCUT2D eigenvalue weighted by Crippen LogP contribution is 2.35. The molecule has 2 aromatic heterocycles. The van der Waals surface area contributed by atoms with E-state index in [1.807, 2.05) is 36.4 Å². The number of aromatic nitrogens is 2. The van der Waals surface area contributed by atoms with Gasteiger partial charge in [0, 0.05) is 10.6 Å². The highest BCUT2D eigenvalue weighted by Gasteiger charge is 2.23. The number of nitrogens with one attached hydrogen (secondary N) is 1. The Morgan fingerprint density at radius 1 is 1.14 bits per heavy atom. The van der Waals surface area contributed by atoms with Crippen LogP contribution in [0.25, 0.3) is 15.9 Å². The van der Waals surface area contributed by atoms with E-state index in [1.165, 1.54) is 22.2 Å². The normalized spacial score (nSPS) is 13.8. The van der Waals surface area contributed by atoms with Gasteiger partial charge in [0.15, 0.2) is 5.16 Å². The molecule has 0 radical (unpaired) electrons. The van der Waals surface area contributed by atoms with Crippen LogP contribution in [0, 0.1) is 0 Å². The first kappa shape index (κ1) is 25.5. The van der Waals surface area contributed by atoms with Crippen molar-refractivity contribution >= 4 is 44.9 Å². The Hall–Kier alpha value is -3.10. The fraction of sp³-hybridized carbons (Fsp3) is 0.345. The first-order valence-corrected chi connectivity index (χ1v) is 14.5. The van der Waals surface area contributed by atoms with Crippen molar-refractivity contribution < 1.29 is 9.53 Å². The lowest BCUT2D eigenvalue weighted by atomic mass is 9.97. The summed E-state index contributed by atoms with van der Waals surface area (Å²) in [6.07, 6.45) is 5.23. The highest BCUT2D eigenvalue weighted by atomic mass is 32.2. The Balaban J connectivity index is 1.44. The minimum atomic E-state index is -0.137. The van der Waals surface area contributed by atoms with Crippen LogP contribution in [0.15, 0.2) is 58.5 Å². The van der Waals surface area contributed by atoms with E-state index in [2.05, 4.69) is 31.3 Å². The zero-order valence-electron chi connectivity index (χ0n) is 21.4. The minimum absolute atomic E-state index is 0.0712. The second kappa shape index (κ2) is 11.1. The molecule has 1 atom stereocenters. The summed E-state index contributed by atoms with van der Waals surface area (Å²) < 4.78 is 6.94. The van der Waals surface area contributed by atoms with Crippen LogP contribution in [0.5, 0.6) is 5.75 Å². The third kappa shape index (κ3) is 5.31. The number of anilines is 1. The maximum Gasteiger partial charge on any atom is 0.267 e. The second-order valence-electron chi connectivity index (χ2n) is 9.39. The van der Waals surface area contributed by atoms with Gasteiger partial charge in [-0.15, -0.1) is 11.3 Å². The van der Waals surface area contributed by atoms with Crippen molar-refractivity contribution in [1.82, 2.24) is 9.55 Å². The van der Waals surface area contributed by atoms with Gasteiger partial charge in [-0.3, -0.25) is 14.2 Å². The lowest BCUT2D eigenvalue weighted by Gasteiger charge is -2.14. The van der Waals surface area contributed by atoms with Gasteiger partial charge in [0.1, 0.15) is 10.6 Å². The van der Waals surface area contributed by atoms with Gasteiger partial charge in [0.05, 0.1) is 23.9 Å². The predicted octanol–water partition coefficient (Wildman–Crippen LogP) is 6.58. The molecule has 4 aromatic rings. The number of amides is 1. The number of carbonyl (C=O) groups is 1. The van der Waals surface area contributed by atoms with Crippen LogP contribution in [0.1, 0.15) is 55.0 Å². The largest absolute Gasteiger partial charge is 0.497 e. The number of aryl methyl sites for hydroxylation is 2. The maximum absolute atomic E-state index is 13.9. The summed E-state index contributed by atoms with van der Waals surface area (Å²) in [7, 11) is 1.62. The molecule has 1 aliphatic carbocycles. The van der Waals surface area contributed by atoms with E-state index in [0.717, 1.165) is 53.6 Å². The third-order valence-electron chi connectivity index (χ3n) is 7.00. The summed E-state index contributed by atoms with van der Waals surface area (Å²) in [5.41, 5.74) is 3.81. The molecule has 6 nitrogen and oxygen atoms in total. The molecule has 0 fully saturated rings. The monoisotopic (exact) mass is 533 g/mol. The number of rotatable bonds is 8. The summed E-state index contributed by atoms with van der Waals surface area (Å²) in [4.78, 5) is 33.7. The van der Waals surface area contributed by atoms with E-state index in [0.29, 0.717) is 22.5 Å². The number of hydrogen-bond acceptors (Lipinski definition) is 6. The molecule has 5 rings (SSSR count). The van der Waals surface area contributed by atoms with Crippen molar-refractivity contribution in [2.24, 2.45) is 0 Å².